The second-order valence-electron chi connectivity index (χ2n) is 11.0. The number of halogens is 1. The number of carbonyl (C=O) groups excluding carboxylic acids is 2. The number of ether oxygens (including phenoxy) is 3. The summed E-state index contributed by atoms with van der Waals surface area (Å²) in [7, 11) is 2.32. The second-order valence-corrected chi connectivity index (χ2v) is 12.9. The van der Waals surface area contributed by atoms with E-state index in [-0.39, 0.29) is 29.1 Å². The molecule has 4 heterocycles. The molecule has 2 aliphatic rings. The molecule has 0 aliphatic carbocycles. The molecule has 222 valence electrons. The minimum Gasteiger partial charge on any atom is -1.00 e. The lowest BCUT2D eigenvalue weighted by Gasteiger charge is -2.47. The molecule has 10 heteroatoms. The van der Waals surface area contributed by atoms with Crippen LogP contribution in [0.25, 0.3) is 0 Å². The number of hydrogen-bond acceptors (Lipinski definition) is 8. The number of quaternary nitrogens is 1. The van der Waals surface area contributed by atoms with Crippen molar-refractivity contribution in [3.8, 4) is 5.75 Å². The Balaban J connectivity index is 0.00000387. The fourth-order valence-corrected chi connectivity index (χ4v) is 8.06. The van der Waals surface area contributed by atoms with Crippen molar-refractivity contribution in [2.75, 3.05) is 20.3 Å². The van der Waals surface area contributed by atoms with Crippen molar-refractivity contribution >= 4 is 34.6 Å². The van der Waals surface area contributed by atoms with E-state index in [0.29, 0.717) is 47.9 Å². The van der Waals surface area contributed by atoms with Crippen molar-refractivity contribution in [1.82, 2.24) is 0 Å². The topological polar surface area (TPSA) is 82.1 Å². The van der Waals surface area contributed by atoms with Gasteiger partial charge >= 0.3 is 11.9 Å². The molecular weight excluding hydrogens is 626 g/mol. The Labute approximate surface area is 260 Å². The molecule has 1 aromatic carbocycles. The molecule has 0 spiro atoms. The first-order chi connectivity index (χ1) is 19.3. The van der Waals surface area contributed by atoms with Gasteiger partial charge in [0.05, 0.1) is 42.1 Å². The third-order valence-corrected chi connectivity index (χ3v) is 10.4. The van der Waals surface area contributed by atoms with Crippen molar-refractivity contribution in [2.24, 2.45) is 0 Å². The Morgan fingerprint density at radius 2 is 1.68 bits per heavy atom. The molecule has 7 nitrogen and oxygen atoms in total. The molecule has 1 N–H and O–H groups in total. The lowest BCUT2D eigenvalue weighted by molar-refractivity contribution is -0.961. The molecule has 2 aromatic heterocycles. The van der Waals surface area contributed by atoms with Gasteiger partial charge in [-0.25, -0.2) is 4.79 Å². The zero-order valence-electron chi connectivity index (χ0n) is 23.5. The van der Waals surface area contributed by atoms with E-state index in [1.165, 1.54) is 28.2 Å². The average Bonchev–Trinajstić information content (AvgIpc) is 3.69. The quantitative estimate of drug-likeness (QED) is 0.182. The molecule has 0 radical (unpaired) electrons. The van der Waals surface area contributed by atoms with Gasteiger partial charge in [0.2, 0.25) is 5.60 Å². The summed E-state index contributed by atoms with van der Waals surface area (Å²) in [6.07, 6.45) is 4.53. The Kier molecular flexibility index (Phi) is 10.7. The number of esters is 2. The molecule has 2 aliphatic heterocycles. The lowest BCUT2D eigenvalue weighted by atomic mass is 9.94. The van der Waals surface area contributed by atoms with Crippen LogP contribution in [0.2, 0.25) is 0 Å². The molecule has 3 aromatic rings. The van der Waals surface area contributed by atoms with Gasteiger partial charge in [-0.3, -0.25) is 4.79 Å². The standard InChI is InChI=1S/C31H38NO6S2.BrH/c1-3-36-29(33)12-5-15-37-25-9-4-8-22(18-25)21-32(2)23-13-14-24(32)20-26(19-23)38-30(34)31(35,27-10-6-16-39-27)28-11-7-17-40-28;/h4,6-11,16-18,23-24,26,35H,3,5,12-15,19-21H2,1-2H3;1H/q+1;/p-1/t23-,24+,26?,32?;. The minimum absolute atomic E-state index is 0. The number of benzene rings is 1. The number of fused-ring (bicyclic) bond motifs is 2. The van der Waals surface area contributed by atoms with Gasteiger partial charge in [0.1, 0.15) is 18.4 Å². The van der Waals surface area contributed by atoms with Crippen LogP contribution in [0.3, 0.4) is 0 Å². The fraction of sp³-hybridized carbons (Fsp3) is 0.484. The van der Waals surface area contributed by atoms with Gasteiger partial charge in [-0.1, -0.05) is 24.3 Å². The molecule has 0 saturated carbocycles. The Morgan fingerprint density at radius 1 is 1.02 bits per heavy atom. The van der Waals surface area contributed by atoms with Gasteiger partial charge in [-0.05, 0) is 48.4 Å². The van der Waals surface area contributed by atoms with E-state index in [2.05, 4.69) is 19.2 Å². The molecule has 41 heavy (non-hydrogen) atoms. The minimum atomic E-state index is -1.77. The van der Waals surface area contributed by atoms with E-state index < -0.39 is 11.6 Å². The van der Waals surface area contributed by atoms with Crippen molar-refractivity contribution in [3.05, 3.63) is 74.6 Å². The second kappa shape index (κ2) is 13.8. The summed E-state index contributed by atoms with van der Waals surface area (Å²) in [4.78, 5) is 26.3. The maximum absolute atomic E-state index is 13.5. The smallest absolute Gasteiger partial charge is 0.349 e. The van der Waals surface area contributed by atoms with Gasteiger partial charge < -0.3 is 40.8 Å². The van der Waals surface area contributed by atoms with E-state index in [1.807, 2.05) is 41.9 Å². The van der Waals surface area contributed by atoms with E-state index >= 15 is 0 Å². The van der Waals surface area contributed by atoms with Gasteiger partial charge in [-0.2, -0.15) is 0 Å². The van der Waals surface area contributed by atoms with Crippen LogP contribution in [-0.2, 0) is 31.2 Å². The number of rotatable bonds is 12. The van der Waals surface area contributed by atoms with Crippen LogP contribution in [0.15, 0.2) is 59.3 Å². The SMILES string of the molecule is CCOC(=O)CCCOc1cccc(C[N+]2(C)[C@@H]3CC[C@H]2CC(OC(=O)C(O)(c2cccs2)c2cccs2)C3)c1.[Br-]. The molecule has 0 amide bonds. The first-order valence-electron chi connectivity index (χ1n) is 14.1. The number of nitrogens with zero attached hydrogens (tertiary/aromatic N) is 1. The number of hydrogen-bond donors (Lipinski definition) is 1. The third-order valence-electron chi connectivity index (χ3n) is 8.42. The summed E-state index contributed by atoms with van der Waals surface area (Å²) in [6.45, 7) is 3.55. The molecule has 2 unspecified atom stereocenters. The summed E-state index contributed by atoms with van der Waals surface area (Å²) >= 11 is 2.73. The van der Waals surface area contributed by atoms with Crippen molar-refractivity contribution < 1.29 is 50.4 Å². The van der Waals surface area contributed by atoms with Crippen LogP contribution in [0.5, 0.6) is 5.75 Å². The van der Waals surface area contributed by atoms with E-state index in [9.17, 15) is 14.7 Å². The van der Waals surface area contributed by atoms with Gasteiger partial charge in [0.25, 0.3) is 0 Å². The number of piperidine rings is 1. The van der Waals surface area contributed by atoms with E-state index in [1.54, 1.807) is 12.1 Å². The van der Waals surface area contributed by atoms with Crippen LogP contribution in [0, 0.1) is 0 Å². The highest BCUT2D eigenvalue weighted by molar-refractivity contribution is 7.12. The largest absolute Gasteiger partial charge is 1.00 e. The van der Waals surface area contributed by atoms with Crippen LogP contribution >= 0.6 is 22.7 Å². The number of aliphatic hydroxyl groups is 1. The molecular formula is C31H38BrNO6S2. The van der Waals surface area contributed by atoms with Crippen LogP contribution in [-0.4, -0.2) is 60.0 Å². The molecule has 2 saturated heterocycles. The monoisotopic (exact) mass is 663 g/mol. The maximum Gasteiger partial charge on any atom is 0.349 e. The van der Waals surface area contributed by atoms with E-state index in [0.717, 1.165) is 42.5 Å². The van der Waals surface area contributed by atoms with Crippen LogP contribution in [0.1, 0.15) is 60.8 Å². The summed E-state index contributed by atoms with van der Waals surface area (Å²) in [5, 5.41) is 15.4. The van der Waals surface area contributed by atoms with Gasteiger partial charge in [0, 0.05) is 37.7 Å². The van der Waals surface area contributed by atoms with Crippen LogP contribution in [0.4, 0.5) is 0 Å². The Morgan fingerprint density at radius 3 is 2.27 bits per heavy atom. The predicted molar refractivity (Wildman–Crippen MR) is 155 cm³/mol. The zero-order valence-corrected chi connectivity index (χ0v) is 26.7. The van der Waals surface area contributed by atoms with Crippen molar-refractivity contribution in [2.45, 2.75) is 75.8 Å². The highest BCUT2D eigenvalue weighted by atomic mass is 79.9. The number of thiophene rings is 2. The Bertz CT molecular complexity index is 1230. The Hall–Kier alpha value is -2.24. The van der Waals surface area contributed by atoms with Gasteiger partial charge in [0.15, 0.2) is 0 Å². The van der Waals surface area contributed by atoms with Crippen LogP contribution < -0.4 is 21.7 Å². The molecule has 2 bridgehead atoms. The first-order valence-corrected chi connectivity index (χ1v) is 15.8. The maximum atomic E-state index is 13.5. The van der Waals surface area contributed by atoms with Gasteiger partial charge in [-0.15, -0.1) is 22.7 Å². The zero-order chi connectivity index (χ0) is 28.2. The highest BCUT2D eigenvalue weighted by Gasteiger charge is 2.54. The highest BCUT2D eigenvalue weighted by Crippen LogP contribution is 2.45. The third kappa shape index (κ3) is 6.88. The summed E-state index contributed by atoms with van der Waals surface area (Å²) < 4.78 is 17.9. The normalized spacial score (nSPS) is 23.4. The first kappa shape index (κ1) is 31.7. The lowest BCUT2D eigenvalue weighted by Crippen LogP contribution is -3.00. The van der Waals surface area contributed by atoms with E-state index in [4.69, 9.17) is 14.2 Å². The fourth-order valence-electron chi connectivity index (χ4n) is 6.34. The summed E-state index contributed by atoms with van der Waals surface area (Å²) in [5.41, 5.74) is -0.559. The molecule has 4 atom stereocenters. The summed E-state index contributed by atoms with van der Waals surface area (Å²) in [5.74, 6) is 0.0424. The van der Waals surface area contributed by atoms with Crippen molar-refractivity contribution in [1.29, 1.82) is 0 Å². The summed E-state index contributed by atoms with van der Waals surface area (Å²) in [6, 6.07) is 16.3. The molecule has 2 fully saturated rings. The number of carbonyl (C=O) groups is 2. The predicted octanol–water partition coefficient (Wildman–Crippen LogP) is 2.66. The van der Waals surface area contributed by atoms with Crippen molar-refractivity contribution in [3.63, 3.8) is 0 Å². The average molecular weight is 665 g/mol. The molecule has 5 rings (SSSR count).